The molecule has 2 bridgehead atoms. The lowest BCUT2D eigenvalue weighted by molar-refractivity contribution is -0.135. The fourth-order valence-electron chi connectivity index (χ4n) is 4.77. The van der Waals surface area contributed by atoms with Gasteiger partial charge in [-0.3, -0.25) is 4.79 Å². The molecule has 10 heteroatoms. The third-order valence-electron chi connectivity index (χ3n) is 6.43. The number of fused-ring (bicyclic) bond motifs is 2. The number of ether oxygens (including phenoxy) is 1. The van der Waals surface area contributed by atoms with Crippen LogP contribution in [0.15, 0.2) is 41.4 Å². The molecule has 3 atom stereocenters. The van der Waals surface area contributed by atoms with Gasteiger partial charge in [0.25, 0.3) is 5.91 Å². The van der Waals surface area contributed by atoms with Gasteiger partial charge in [0.2, 0.25) is 10.0 Å². The standard InChI is InChI=1S/C23H29FN4O4S/c1-14-10-15(24)4-8-20(14)32-23(2,3)22(29)27-16-11-17-5-6-18(12-16)28(17)21-9-7-19(13-26-21)33(25,30)31/h4,7-10,13,16-18H,5-6,11-12H2,1-3H3,(H,27,29)(H2,25,30,31)/t16?,17-,18+. The van der Waals surface area contributed by atoms with Gasteiger partial charge < -0.3 is 15.0 Å². The molecule has 8 nitrogen and oxygen atoms in total. The van der Waals surface area contributed by atoms with Crippen LogP contribution >= 0.6 is 0 Å². The molecule has 3 N–H and O–H groups in total. The summed E-state index contributed by atoms with van der Waals surface area (Å²) in [7, 11) is -3.78. The third-order valence-corrected chi connectivity index (χ3v) is 7.33. The van der Waals surface area contributed by atoms with Gasteiger partial charge in [0, 0.05) is 24.3 Å². The first-order valence-electron chi connectivity index (χ1n) is 11.0. The Labute approximate surface area is 193 Å². The Hall–Kier alpha value is -2.72. The van der Waals surface area contributed by atoms with Crippen LogP contribution in [0.5, 0.6) is 5.75 Å². The summed E-state index contributed by atoms with van der Waals surface area (Å²) in [6, 6.07) is 7.77. The first-order valence-corrected chi connectivity index (χ1v) is 12.5. The number of sulfonamides is 1. The van der Waals surface area contributed by atoms with Crippen molar-refractivity contribution in [2.24, 2.45) is 5.14 Å². The van der Waals surface area contributed by atoms with E-state index in [0.717, 1.165) is 31.5 Å². The molecule has 1 unspecified atom stereocenters. The van der Waals surface area contributed by atoms with Crippen molar-refractivity contribution in [2.45, 2.75) is 75.1 Å². The fourth-order valence-corrected chi connectivity index (χ4v) is 5.23. The second-order valence-electron chi connectivity index (χ2n) is 9.35. The maximum Gasteiger partial charge on any atom is 0.263 e. The molecule has 33 heavy (non-hydrogen) atoms. The van der Waals surface area contributed by atoms with E-state index in [2.05, 4.69) is 15.2 Å². The molecule has 2 aliphatic rings. The third kappa shape index (κ3) is 4.96. The van der Waals surface area contributed by atoms with Crippen LogP contribution in [-0.2, 0) is 14.8 Å². The summed E-state index contributed by atoms with van der Waals surface area (Å²) in [6.07, 6.45) is 4.75. The Morgan fingerprint density at radius 1 is 1.21 bits per heavy atom. The summed E-state index contributed by atoms with van der Waals surface area (Å²) in [5, 5.41) is 8.30. The minimum atomic E-state index is -3.78. The largest absolute Gasteiger partial charge is 0.478 e. The van der Waals surface area contributed by atoms with E-state index in [1.54, 1.807) is 26.8 Å². The lowest BCUT2D eigenvalue weighted by atomic mass is 9.96. The number of nitrogens with two attached hydrogens (primary N) is 1. The van der Waals surface area contributed by atoms with E-state index in [1.807, 2.05) is 0 Å². The number of hydrogen-bond acceptors (Lipinski definition) is 6. The monoisotopic (exact) mass is 476 g/mol. The molecule has 2 aromatic rings. The normalized spacial score (nSPS) is 22.8. The van der Waals surface area contributed by atoms with Crippen LogP contribution in [0.25, 0.3) is 0 Å². The highest BCUT2D eigenvalue weighted by Gasteiger charge is 2.43. The van der Waals surface area contributed by atoms with Gasteiger partial charge in [0.1, 0.15) is 22.3 Å². The molecule has 1 aromatic carbocycles. The van der Waals surface area contributed by atoms with Gasteiger partial charge in [0.05, 0.1) is 0 Å². The number of hydrogen-bond donors (Lipinski definition) is 2. The number of amides is 1. The fraction of sp³-hybridized carbons (Fsp3) is 0.478. The van der Waals surface area contributed by atoms with Gasteiger partial charge in [-0.05, 0) is 82.3 Å². The lowest BCUT2D eigenvalue weighted by Crippen LogP contribution is -2.55. The molecule has 1 aromatic heterocycles. The average molecular weight is 477 g/mol. The van der Waals surface area contributed by atoms with Crippen molar-refractivity contribution in [3.8, 4) is 5.75 Å². The Bertz CT molecular complexity index is 1140. The number of primary sulfonamides is 1. The molecule has 2 fully saturated rings. The Balaban J connectivity index is 1.41. The molecule has 2 aliphatic heterocycles. The van der Waals surface area contributed by atoms with Crippen molar-refractivity contribution in [2.75, 3.05) is 4.90 Å². The summed E-state index contributed by atoms with van der Waals surface area (Å²) in [5.41, 5.74) is -0.493. The number of halogens is 1. The first kappa shape index (κ1) is 23.4. The predicted molar refractivity (Wildman–Crippen MR) is 122 cm³/mol. The number of nitrogens with zero attached hydrogens (tertiary/aromatic N) is 2. The molecule has 0 spiro atoms. The number of carbonyl (C=O) groups is 1. The van der Waals surface area contributed by atoms with E-state index in [4.69, 9.17) is 9.88 Å². The number of carbonyl (C=O) groups excluding carboxylic acids is 1. The highest BCUT2D eigenvalue weighted by molar-refractivity contribution is 7.89. The van der Waals surface area contributed by atoms with Crippen molar-refractivity contribution >= 4 is 21.7 Å². The molecular formula is C23H29FN4O4S. The van der Waals surface area contributed by atoms with E-state index in [9.17, 15) is 17.6 Å². The first-order chi connectivity index (χ1) is 15.4. The second kappa shape index (κ2) is 8.57. The Morgan fingerprint density at radius 3 is 2.42 bits per heavy atom. The van der Waals surface area contributed by atoms with Crippen LogP contribution in [0.3, 0.4) is 0 Å². The maximum absolute atomic E-state index is 13.4. The van der Waals surface area contributed by atoms with Gasteiger partial charge in [-0.15, -0.1) is 0 Å². The molecular weight excluding hydrogens is 447 g/mol. The smallest absolute Gasteiger partial charge is 0.263 e. The topological polar surface area (TPSA) is 115 Å². The van der Waals surface area contributed by atoms with E-state index < -0.39 is 15.6 Å². The number of benzene rings is 1. The Morgan fingerprint density at radius 2 is 1.88 bits per heavy atom. The van der Waals surface area contributed by atoms with Crippen LogP contribution in [0.1, 0.15) is 45.1 Å². The van der Waals surface area contributed by atoms with Crippen molar-refractivity contribution in [3.05, 3.63) is 47.9 Å². The molecule has 178 valence electrons. The van der Waals surface area contributed by atoms with E-state index in [-0.39, 0.29) is 34.7 Å². The molecule has 3 heterocycles. The van der Waals surface area contributed by atoms with E-state index in [1.165, 1.54) is 30.5 Å². The zero-order valence-electron chi connectivity index (χ0n) is 18.9. The van der Waals surface area contributed by atoms with Crippen molar-refractivity contribution in [3.63, 3.8) is 0 Å². The predicted octanol–water partition coefficient (Wildman–Crippen LogP) is 2.65. The summed E-state index contributed by atoms with van der Waals surface area (Å²) in [6.45, 7) is 5.14. The summed E-state index contributed by atoms with van der Waals surface area (Å²) >= 11 is 0. The van der Waals surface area contributed by atoms with Gasteiger partial charge in [0.15, 0.2) is 5.60 Å². The van der Waals surface area contributed by atoms with Crippen molar-refractivity contribution in [1.82, 2.24) is 10.3 Å². The number of nitrogens with one attached hydrogen (secondary N) is 1. The zero-order chi connectivity index (χ0) is 24.0. The Kier molecular flexibility index (Phi) is 6.09. The van der Waals surface area contributed by atoms with Crippen LogP contribution in [0.2, 0.25) is 0 Å². The molecule has 4 rings (SSSR count). The van der Waals surface area contributed by atoms with Crippen molar-refractivity contribution in [1.29, 1.82) is 0 Å². The maximum atomic E-state index is 13.4. The number of pyridine rings is 1. The molecule has 0 radical (unpaired) electrons. The number of aromatic nitrogens is 1. The number of piperidine rings is 1. The highest BCUT2D eigenvalue weighted by Crippen LogP contribution is 2.39. The molecule has 1 amide bonds. The van der Waals surface area contributed by atoms with Crippen LogP contribution in [0.4, 0.5) is 10.2 Å². The molecule has 2 saturated heterocycles. The van der Waals surface area contributed by atoms with Crippen molar-refractivity contribution < 1.29 is 22.3 Å². The average Bonchev–Trinajstić information content (AvgIpc) is 3.00. The number of anilines is 1. The van der Waals surface area contributed by atoms with E-state index in [0.29, 0.717) is 11.3 Å². The van der Waals surface area contributed by atoms with Crippen LogP contribution in [-0.4, -0.2) is 43.0 Å². The summed E-state index contributed by atoms with van der Waals surface area (Å²) in [5.74, 6) is 0.619. The zero-order valence-corrected chi connectivity index (χ0v) is 19.7. The van der Waals surface area contributed by atoms with Gasteiger partial charge >= 0.3 is 0 Å². The second-order valence-corrected chi connectivity index (χ2v) is 10.9. The van der Waals surface area contributed by atoms with Crippen LogP contribution in [0, 0.1) is 12.7 Å². The SMILES string of the molecule is Cc1cc(F)ccc1OC(C)(C)C(=O)NC1C[C@H]2CC[C@@H](C1)N2c1ccc(S(N)(=O)=O)cn1. The minimum Gasteiger partial charge on any atom is -0.478 e. The van der Waals surface area contributed by atoms with Crippen LogP contribution < -0.4 is 20.1 Å². The van der Waals surface area contributed by atoms with Gasteiger partial charge in [-0.2, -0.15) is 0 Å². The number of aryl methyl sites for hydroxylation is 1. The lowest BCUT2D eigenvalue weighted by Gasteiger charge is -2.40. The summed E-state index contributed by atoms with van der Waals surface area (Å²) in [4.78, 5) is 19.6. The number of rotatable bonds is 6. The van der Waals surface area contributed by atoms with Gasteiger partial charge in [-0.25, -0.2) is 22.9 Å². The van der Waals surface area contributed by atoms with E-state index >= 15 is 0 Å². The molecule has 0 saturated carbocycles. The quantitative estimate of drug-likeness (QED) is 0.663. The van der Waals surface area contributed by atoms with Gasteiger partial charge in [-0.1, -0.05) is 0 Å². The minimum absolute atomic E-state index is 0.00728. The highest BCUT2D eigenvalue weighted by atomic mass is 32.2. The molecule has 0 aliphatic carbocycles. The summed E-state index contributed by atoms with van der Waals surface area (Å²) < 4.78 is 42.3.